The molecule has 0 atom stereocenters. The molecule has 0 radical (unpaired) electrons. The molecule has 0 aromatic heterocycles. The van der Waals surface area contributed by atoms with Crippen LogP contribution >= 0.6 is 67.5 Å². The van der Waals surface area contributed by atoms with Crippen LogP contribution in [-0.2, 0) is 9.13 Å². The minimum absolute atomic E-state index is 0.322. The van der Waals surface area contributed by atoms with Crippen LogP contribution in [0.4, 0.5) is 0 Å². The van der Waals surface area contributed by atoms with E-state index in [2.05, 4.69) is 38.2 Å². The number of phenols is 1. The van der Waals surface area contributed by atoms with Crippen molar-refractivity contribution in [2.75, 3.05) is 0 Å². The molecule has 2 rings (SSSR count). The van der Waals surface area contributed by atoms with Gasteiger partial charge in [0.05, 0.1) is 0 Å². The smallest absolute Gasteiger partial charge is 0.428 e. The van der Waals surface area contributed by atoms with Crippen molar-refractivity contribution >= 4 is 67.5 Å². The fraction of sp³-hybridized carbons (Fsp3) is 0. The standard InChI is InChI=1S/C6H5Cl2O2P.C6H6O.Cl3OP/c7-11(8,9)10-6-4-2-1-3-5-6;7-6-4-2-1-3-5-6;1-5(2,3)4/h1-5H;1-5,7H;. The lowest BCUT2D eigenvalue weighted by Crippen LogP contribution is -1.79. The third-order valence-corrected chi connectivity index (χ3v) is 2.55. The van der Waals surface area contributed by atoms with Crippen molar-refractivity contribution in [2.45, 2.75) is 0 Å². The third kappa shape index (κ3) is 19.9. The number of aromatic hydroxyl groups is 1. The monoisotopic (exact) mass is 456 g/mol. The highest BCUT2D eigenvalue weighted by molar-refractivity contribution is 8.24. The molecule has 2 aromatic carbocycles. The Morgan fingerprint density at radius 2 is 1.09 bits per heavy atom. The molecule has 0 aliphatic heterocycles. The largest absolute Gasteiger partial charge is 0.508 e. The van der Waals surface area contributed by atoms with E-state index in [4.69, 9.17) is 27.6 Å². The van der Waals surface area contributed by atoms with Gasteiger partial charge in [-0.25, -0.2) is 4.57 Å². The van der Waals surface area contributed by atoms with Gasteiger partial charge in [-0.3, -0.25) is 4.57 Å². The van der Waals surface area contributed by atoms with E-state index < -0.39 is 11.3 Å². The Morgan fingerprint density at radius 1 is 0.739 bits per heavy atom. The number of phenolic OH excluding ortho intramolecular Hbond substituents is 1. The van der Waals surface area contributed by atoms with E-state index in [-0.39, 0.29) is 0 Å². The average Bonchev–Trinajstić information content (AvgIpc) is 2.37. The van der Waals surface area contributed by atoms with Crippen LogP contribution in [0.3, 0.4) is 0 Å². The molecule has 0 bridgehead atoms. The minimum atomic E-state index is -3.44. The molecule has 23 heavy (non-hydrogen) atoms. The number of hydrogen-bond acceptors (Lipinski definition) is 4. The van der Waals surface area contributed by atoms with Gasteiger partial charge in [0.15, 0.2) is 0 Å². The van der Waals surface area contributed by atoms with Crippen LogP contribution in [0.25, 0.3) is 0 Å². The molecule has 11 heteroatoms. The number of rotatable bonds is 2. The third-order valence-electron chi connectivity index (χ3n) is 1.71. The zero-order valence-electron chi connectivity index (χ0n) is 11.2. The highest BCUT2D eigenvalue weighted by Gasteiger charge is 2.15. The van der Waals surface area contributed by atoms with Gasteiger partial charge >= 0.3 is 11.3 Å². The fourth-order valence-electron chi connectivity index (χ4n) is 1.03. The fourth-order valence-corrected chi connectivity index (χ4v) is 1.88. The van der Waals surface area contributed by atoms with E-state index in [0.717, 1.165) is 0 Å². The van der Waals surface area contributed by atoms with E-state index in [9.17, 15) is 9.13 Å². The highest BCUT2D eigenvalue weighted by atomic mass is 36.0. The van der Waals surface area contributed by atoms with Crippen molar-refractivity contribution in [3.05, 3.63) is 60.7 Å². The summed E-state index contributed by atoms with van der Waals surface area (Å²) in [6.07, 6.45) is -3.44. The Labute approximate surface area is 158 Å². The zero-order valence-corrected chi connectivity index (χ0v) is 16.8. The maximum atomic E-state index is 10.7. The number of halogens is 5. The first-order valence-corrected chi connectivity index (χ1v) is 13.5. The summed E-state index contributed by atoms with van der Waals surface area (Å²) in [6.45, 7) is 0. The minimum Gasteiger partial charge on any atom is -0.508 e. The van der Waals surface area contributed by atoms with Crippen LogP contribution < -0.4 is 4.52 Å². The predicted molar refractivity (Wildman–Crippen MR) is 99.7 cm³/mol. The summed E-state index contributed by atoms with van der Waals surface area (Å²) in [5.41, 5.74) is 0. The average molecular weight is 458 g/mol. The van der Waals surface area contributed by atoms with Gasteiger partial charge < -0.3 is 9.63 Å². The van der Waals surface area contributed by atoms with Crippen LogP contribution in [0.1, 0.15) is 0 Å². The molecule has 0 fully saturated rings. The zero-order chi connectivity index (χ0) is 17.9. The van der Waals surface area contributed by atoms with E-state index in [0.29, 0.717) is 11.5 Å². The summed E-state index contributed by atoms with van der Waals surface area (Å²) in [5.74, 6) is 0.725. The molecule has 0 amide bonds. The van der Waals surface area contributed by atoms with Crippen LogP contribution in [0.2, 0.25) is 0 Å². The van der Waals surface area contributed by atoms with Gasteiger partial charge in [-0.1, -0.05) is 36.4 Å². The molecule has 0 aliphatic carbocycles. The molecule has 0 spiro atoms. The first-order chi connectivity index (χ1) is 10.5. The highest BCUT2D eigenvalue weighted by Crippen LogP contribution is 2.61. The molecule has 1 N–H and O–H groups in total. The van der Waals surface area contributed by atoms with Crippen LogP contribution in [0.15, 0.2) is 60.7 Å². The lowest BCUT2D eigenvalue weighted by Gasteiger charge is -2.03. The van der Waals surface area contributed by atoms with E-state index in [1.165, 1.54) is 0 Å². The Morgan fingerprint density at radius 3 is 1.35 bits per heavy atom. The quantitative estimate of drug-likeness (QED) is 0.466. The molecule has 0 unspecified atom stereocenters. The summed E-state index contributed by atoms with van der Waals surface area (Å²) >= 11 is 24.2. The van der Waals surface area contributed by atoms with E-state index in [1.54, 1.807) is 54.6 Å². The molecule has 4 nitrogen and oxygen atoms in total. The summed E-state index contributed by atoms with van der Waals surface area (Å²) < 4.78 is 24.9. The van der Waals surface area contributed by atoms with Crippen molar-refractivity contribution < 1.29 is 18.8 Å². The first-order valence-electron chi connectivity index (χ1n) is 5.64. The molecular formula is C12H11Cl5O4P2. The SMILES string of the molecule is O=P(Cl)(Cl)Cl.O=P(Cl)(Cl)Oc1ccccc1.Oc1ccccc1. The Bertz CT molecular complexity index is 637. The normalized spacial score (nSPS) is 10.5. The second-order valence-electron chi connectivity index (χ2n) is 3.55. The summed E-state index contributed by atoms with van der Waals surface area (Å²) in [4.78, 5) is 0. The van der Waals surface area contributed by atoms with Crippen LogP contribution in [0, 0.1) is 0 Å². The van der Waals surface area contributed by atoms with Crippen molar-refractivity contribution in [3.8, 4) is 11.5 Å². The summed E-state index contributed by atoms with van der Waals surface area (Å²) in [6, 6.07) is 17.2. The molecule has 128 valence electrons. The number of hydrogen-bond donors (Lipinski definition) is 1. The van der Waals surface area contributed by atoms with E-state index >= 15 is 0 Å². The predicted octanol–water partition coefficient (Wildman–Crippen LogP) is 7.85. The van der Waals surface area contributed by atoms with E-state index in [1.807, 2.05) is 6.07 Å². The molecule has 2 aromatic rings. The lowest BCUT2D eigenvalue weighted by molar-refractivity contribution is 0.475. The van der Waals surface area contributed by atoms with Gasteiger partial charge in [0.25, 0.3) is 0 Å². The molecular weight excluding hydrogens is 447 g/mol. The second kappa shape index (κ2) is 11.5. The Kier molecular flexibility index (Phi) is 11.5. The topological polar surface area (TPSA) is 63.6 Å². The van der Waals surface area contributed by atoms with Crippen molar-refractivity contribution in [2.24, 2.45) is 0 Å². The molecule has 0 heterocycles. The first kappa shape index (κ1) is 22.9. The Hall–Kier alpha value is -0.0500. The van der Waals surface area contributed by atoms with Gasteiger partial charge in [0.1, 0.15) is 11.5 Å². The second-order valence-corrected chi connectivity index (χ2v) is 14.4. The summed E-state index contributed by atoms with van der Waals surface area (Å²) in [7, 11) is 0. The Balaban J connectivity index is 0.000000347. The van der Waals surface area contributed by atoms with Gasteiger partial charge in [0.2, 0.25) is 0 Å². The maximum absolute atomic E-state index is 10.7. The van der Waals surface area contributed by atoms with Gasteiger partial charge in [-0.2, -0.15) is 0 Å². The van der Waals surface area contributed by atoms with Crippen molar-refractivity contribution in [3.63, 3.8) is 0 Å². The van der Waals surface area contributed by atoms with Gasteiger partial charge in [-0.15, -0.1) is 0 Å². The van der Waals surface area contributed by atoms with Gasteiger partial charge in [0, 0.05) is 22.5 Å². The molecule has 0 saturated heterocycles. The summed E-state index contributed by atoms with van der Waals surface area (Å²) in [5, 5.41) is 5.41. The van der Waals surface area contributed by atoms with Crippen LogP contribution in [-0.4, -0.2) is 5.11 Å². The van der Waals surface area contributed by atoms with Crippen molar-refractivity contribution in [1.29, 1.82) is 0 Å². The lowest BCUT2D eigenvalue weighted by atomic mass is 10.3. The van der Waals surface area contributed by atoms with Crippen LogP contribution in [0.5, 0.6) is 11.5 Å². The van der Waals surface area contributed by atoms with Gasteiger partial charge in [-0.05, 0) is 58.0 Å². The number of para-hydroxylation sites is 2. The maximum Gasteiger partial charge on any atom is 0.428 e. The van der Waals surface area contributed by atoms with Crippen molar-refractivity contribution in [1.82, 2.24) is 0 Å². The molecule has 0 saturated carbocycles. The molecule has 0 aliphatic rings. The number of benzene rings is 2.